The summed E-state index contributed by atoms with van der Waals surface area (Å²) in [4.78, 5) is 39.7. The molecule has 2 N–H and O–H groups in total. The van der Waals surface area contributed by atoms with Gasteiger partial charge in [-0.15, -0.1) is 10.2 Å². The van der Waals surface area contributed by atoms with Gasteiger partial charge in [-0.25, -0.2) is 4.39 Å². The van der Waals surface area contributed by atoms with Gasteiger partial charge in [0, 0.05) is 24.8 Å². The number of likely N-dealkylation sites (tertiary alicyclic amines) is 1. The van der Waals surface area contributed by atoms with Crippen LogP contribution in [0.2, 0.25) is 0 Å². The van der Waals surface area contributed by atoms with Gasteiger partial charge in [0.25, 0.3) is 11.8 Å². The van der Waals surface area contributed by atoms with Crippen LogP contribution in [0.1, 0.15) is 32.4 Å². The van der Waals surface area contributed by atoms with Gasteiger partial charge >= 0.3 is 0 Å². The minimum Gasteiger partial charge on any atom is -0.454 e. The van der Waals surface area contributed by atoms with E-state index in [0.717, 1.165) is 11.3 Å². The summed E-state index contributed by atoms with van der Waals surface area (Å²) in [6.45, 7) is 0.731. The Morgan fingerprint density at radius 1 is 1.03 bits per heavy atom. The fourth-order valence-corrected chi connectivity index (χ4v) is 4.58. The summed E-state index contributed by atoms with van der Waals surface area (Å²) >= 11 is 0.870. The molecule has 0 unspecified atom stereocenters. The van der Waals surface area contributed by atoms with Gasteiger partial charge in [-0.1, -0.05) is 23.5 Å². The fourth-order valence-electron chi connectivity index (χ4n) is 3.87. The smallest absolute Gasteiger partial charge is 0.286 e. The van der Waals surface area contributed by atoms with Crippen molar-refractivity contribution in [3.05, 3.63) is 58.3 Å². The first-order valence-electron chi connectivity index (χ1n) is 10.9. The minimum absolute atomic E-state index is 0.0249. The van der Waals surface area contributed by atoms with E-state index in [4.69, 9.17) is 9.47 Å². The number of hydrogen-bond donors (Lipinski definition) is 2. The molecule has 0 saturated carbocycles. The number of ether oxygens (including phenoxy) is 2. The van der Waals surface area contributed by atoms with Crippen LogP contribution in [0.25, 0.3) is 0 Å². The molecular formula is C23H20FN5O5S. The molecule has 2 aliphatic heterocycles. The number of hydrogen-bond acceptors (Lipinski definition) is 8. The fraction of sp³-hybridized carbons (Fsp3) is 0.261. The largest absolute Gasteiger partial charge is 0.454 e. The summed E-state index contributed by atoms with van der Waals surface area (Å²) in [5, 5.41) is 13.1. The number of piperidine rings is 1. The average Bonchev–Trinajstić information content (AvgIpc) is 3.55. The number of halogens is 1. The molecule has 10 nitrogen and oxygen atoms in total. The molecule has 35 heavy (non-hydrogen) atoms. The highest BCUT2D eigenvalue weighted by molar-refractivity contribution is 7.15. The second kappa shape index (κ2) is 9.66. The zero-order valence-corrected chi connectivity index (χ0v) is 19.1. The molecule has 0 bridgehead atoms. The van der Waals surface area contributed by atoms with Gasteiger partial charge in [0.15, 0.2) is 11.5 Å². The van der Waals surface area contributed by atoms with Crippen LogP contribution in [-0.2, 0) is 4.79 Å². The van der Waals surface area contributed by atoms with E-state index >= 15 is 0 Å². The van der Waals surface area contributed by atoms with Gasteiger partial charge in [-0.05, 0) is 37.1 Å². The molecule has 3 aromatic rings. The van der Waals surface area contributed by atoms with Crippen molar-refractivity contribution in [1.82, 2.24) is 15.1 Å². The highest BCUT2D eigenvalue weighted by Crippen LogP contribution is 2.34. The molecule has 0 radical (unpaired) electrons. The maximum absolute atomic E-state index is 13.9. The summed E-state index contributed by atoms with van der Waals surface area (Å²) in [5.74, 6) is -1.18. The van der Waals surface area contributed by atoms with Crippen LogP contribution in [-0.4, -0.2) is 52.7 Å². The Morgan fingerprint density at radius 3 is 2.69 bits per heavy atom. The topological polar surface area (TPSA) is 123 Å². The van der Waals surface area contributed by atoms with Crippen LogP contribution in [0.4, 0.5) is 15.8 Å². The second-order valence-corrected chi connectivity index (χ2v) is 8.97. The molecule has 3 amide bonds. The highest BCUT2D eigenvalue weighted by atomic mass is 32.1. The lowest BCUT2D eigenvalue weighted by molar-refractivity contribution is -0.121. The van der Waals surface area contributed by atoms with Crippen molar-refractivity contribution in [2.24, 2.45) is 5.92 Å². The van der Waals surface area contributed by atoms with E-state index in [0.29, 0.717) is 36.6 Å². The maximum Gasteiger partial charge on any atom is 0.286 e. The zero-order chi connectivity index (χ0) is 24.4. The number of para-hydroxylation sites is 1. The first kappa shape index (κ1) is 22.7. The van der Waals surface area contributed by atoms with Gasteiger partial charge in [-0.3, -0.25) is 14.4 Å². The Hall–Kier alpha value is -4.06. The molecule has 2 aliphatic rings. The molecule has 0 aliphatic carbocycles. The van der Waals surface area contributed by atoms with Gasteiger partial charge in [0.05, 0.1) is 11.6 Å². The van der Waals surface area contributed by atoms with Crippen molar-refractivity contribution in [1.29, 1.82) is 0 Å². The Balaban J connectivity index is 1.21. The van der Waals surface area contributed by atoms with Crippen LogP contribution < -0.4 is 20.1 Å². The van der Waals surface area contributed by atoms with Crippen LogP contribution in [0, 0.1) is 11.7 Å². The first-order chi connectivity index (χ1) is 17.0. The molecule has 1 saturated heterocycles. The van der Waals surface area contributed by atoms with Crippen LogP contribution >= 0.6 is 11.3 Å². The first-order valence-corrected chi connectivity index (χ1v) is 11.7. The number of carbonyl (C=O) groups is 3. The van der Waals surface area contributed by atoms with E-state index in [1.165, 1.54) is 23.1 Å². The van der Waals surface area contributed by atoms with Crippen molar-refractivity contribution < 1.29 is 28.2 Å². The van der Waals surface area contributed by atoms with Crippen molar-refractivity contribution in [3.63, 3.8) is 0 Å². The number of anilines is 2. The Morgan fingerprint density at radius 2 is 1.83 bits per heavy atom. The van der Waals surface area contributed by atoms with Crippen molar-refractivity contribution in [2.45, 2.75) is 12.8 Å². The minimum atomic E-state index is -0.523. The summed E-state index contributed by atoms with van der Waals surface area (Å²) in [6, 6.07) is 10.9. The van der Waals surface area contributed by atoms with Crippen LogP contribution in [0.3, 0.4) is 0 Å². The third kappa shape index (κ3) is 4.92. The second-order valence-electron chi connectivity index (χ2n) is 7.99. The molecule has 0 spiro atoms. The maximum atomic E-state index is 13.9. The number of benzene rings is 2. The summed E-state index contributed by atoms with van der Waals surface area (Å²) in [7, 11) is 0. The molecule has 12 heteroatoms. The number of fused-ring (bicyclic) bond motifs is 1. The molecule has 2 aromatic carbocycles. The zero-order valence-electron chi connectivity index (χ0n) is 18.3. The van der Waals surface area contributed by atoms with E-state index in [2.05, 4.69) is 20.8 Å². The Bertz CT molecular complexity index is 1300. The highest BCUT2D eigenvalue weighted by Gasteiger charge is 2.31. The number of nitrogens with zero attached hydrogens (tertiary/aromatic N) is 3. The van der Waals surface area contributed by atoms with Crippen molar-refractivity contribution in [2.75, 3.05) is 30.5 Å². The molecule has 3 heterocycles. The Labute approximate surface area is 203 Å². The molecule has 1 atom stereocenters. The van der Waals surface area contributed by atoms with Gasteiger partial charge in [0.1, 0.15) is 5.82 Å². The van der Waals surface area contributed by atoms with E-state index in [1.54, 1.807) is 24.3 Å². The molecule has 5 rings (SSSR count). The number of carbonyl (C=O) groups excluding carboxylic acids is 3. The number of amides is 3. The van der Waals surface area contributed by atoms with E-state index in [-0.39, 0.29) is 34.9 Å². The van der Waals surface area contributed by atoms with E-state index in [9.17, 15) is 18.8 Å². The molecule has 1 fully saturated rings. The monoisotopic (exact) mass is 497 g/mol. The lowest BCUT2D eigenvalue weighted by Gasteiger charge is -2.31. The summed E-state index contributed by atoms with van der Waals surface area (Å²) in [6.07, 6.45) is 1.18. The van der Waals surface area contributed by atoms with Gasteiger partial charge in [0.2, 0.25) is 22.7 Å². The van der Waals surface area contributed by atoms with Crippen LogP contribution in [0.5, 0.6) is 11.5 Å². The lowest BCUT2D eigenvalue weighted by Crippen LogP contribution is -2.43. The molecule has 180 valence electrons. The summed E-state index contributed by atoms with van der Waals surface area (Å²) in [5.41, 5.74) is 0.588. The van der Waals surface area contributed by atoms with E-state index < -0.39 is 23.5 Å². The third-order valence-corrected chi connectivity index (χ3v) is 6.55. The number of rotatable bonds is 5. The van der Waals surface area contributed by atoms with E-state index in [1.807, 2.05) is 0 Å². The van der Waals surface area contributed by atoms with Crippen molar-refractivity contribution >= 4 is 40.4 Å². The summed E-state index contributed by atoms with van der Waals surface area (Å²) < 4.78 is 24.4. The molecular weight excluding hydrogens is 477 g/mol. The average molecular weight is 498 g/mol. The third-order valence-electron chi connectivity index (χ3n) is 5.64. The van der Waals surface area contributed by atoms with Gasteiger partial charge in [-0.2, -0.15) is 0 Å². The Kier molecular flexibility index (Phi) is 6.27. The lowest BCUT2D eigenvalue weighted by atomic mass is 9.97. The molecule has 1 aromatic heterocycles. The van der Waals surface area contributed by atoms with Gasteiger partial charge < -0.3 is 25.0 Å². The normalized spacial score (nSPS) is 16.6. The van der Waals surface area contributed by atoms with Crippen LogP contribution in [0.15, 0.2) is 42.5 Å². The van der Waals surface area contributed by atoms with Crippen molar-refractivity contribution in [3.8, 4) is 11.5 Å². The quantitative estimate of drug-likeness (QED) is 0.555. The number of aromatic nitrogens is 2. The SMILES string of the molecule is O=C(Nc1ccc2c(c1)OCO2)c1nnc(C(=O)N2CCC[C@@H](C(=O)Nc3ccccc3F)C2)s1. The number of nitrogens with one attached hydrogen (secondary N) is 2. The predicted octanol–water partition coefficient (Wildman–Crippen LogP) is 3.15. The standard InChI is InChI=1S/C23H20FN5O5S/c24-15-5-1-2-6-16(15)26-19(30)13-4-3-9-29(11-13)23(32)22-28-27-21(35-22)20(31)25-14-7-8-17-18(10-14)34-12-33-17/h1-2,5-8,10,13H,3-4,9,11-12H2,(H,25,31)(H,26,30)/t13-/m1/s1. The predicted molar refractivity (Wildman–Crippen MR) is 124 cm³/mol.